The third kappa shape index (κ3) is 12.6. The molecule has 0 aromatic heterocycles. The van der Waals surface area contributed by atoms with E-state index in [-0.39, 0.29) is 24.0 Å². The number of halogens is 1. The van der Waals surface area contributed by atoms with E-state index in [2.05, 4.69) is 64.2 Å². The Balaban J connectivity index is 0.00000784. The van der Waals surface area contributed by atoms with Crippen molar-refractivity contribution in [2.45, 2.75) is 58.8 Å². The van der Waals surface area contributed by atoms with Crippen LogP contribution in [0, 0.1) is 0 Å². The summed E-state index contributed by atoms with van der Waals surface area (Å²) in [5, 5.41) is 9.42. The molecule has 0 spiro atoms. The van der Waals surface area contributed by atoms with Gasteiger partial charge in [0, 0.05) is 26.7 Å². The first kappa shape index (κ1) is 27.5. The number of carbonyl (C=O) groups excluding carboxylic acids is 1. The maximum Gasteiger partial charge on any atom is 0.408 e. The molecule has 7 nitrogen and oxygen atoms in total. The molecule has 0 atom stereocenters. The SMILES string of the molecule is CN=C(NCc1ccc(CN(C)C)cc1)NCC(C)(C)NC(=O)OC(C)(C)C.I. The van der Waals surface area contributed by atoms with Crippen LogP contribution in [0.5, 0.6) is 0 Å². The number of hydrogen-bond donors (Lipinski definition) is 3. The van der Waals surface area contributed by atoms with Crippen LogP contribution in [0.15, 0.2) is 29.3 Å². The van der Waals surface area contributed by atoms with Crippen LogP contribution < -0.4 is 16.0 Å². The van der Waals surface area contributed by atoms with Crippen LogP contribution in [-0.2, 0) is 17.8 Å². The molecule has 0 aliphatic heterocycles. The number of amides is 1. The second-order valence-electron chi connectivity index (χ2n) is 8.84. The summed E-state index contributed by atoms with van der Waals surface area (Å²) in [4.78, 5) is 18.4. The average Bonchev–Trinajstić information content (AvgIpc) is 2.53. The molecule has 1 rings (SSSR count). The maximum absolute atomic E-state index is 12.0. The summed E-state index contributed by atoms with van der Waals surface area (Å²) in [5.74, 6) is 0.677. The Labute approximate surface area is 193 Å². The Hall–Kier alpha value is -1.55. The number of aliphatic imine (C=N–C) groups is 1. The average molecular weight is 519 g/mol. The number of hydrogen-bond acceptors (Lipinski definition) is 4. The van der Waals surface area contributed by atoms with Crippen molar-refractivity contribution in [3.63, 3.8) is 0 Å². The van der Waals surface area contributed by atoms with Gasteiger partial charge in [-0.1, -0.05) is 24.3 Å². The molecule has 0 fully saturated rings. The van der Waals surface area contributed by atoms with Gasteiger partial charge in [0.15, 0.2) is 5.96 Å². The molecule has 1 amide bonds. The number of rotatable bonds is 7. The molecule has 166 valence electrons. The van der Waals surface area contributed by atoms with Crippen LogP contribution >= 0.6 is 24.0 Å². The lowest BCUT2D eigenvalue weighted by Crippen LogP contribution is -2.54. The molecule has 0 saturated carbocycles. The van der Waals surface area contributed by atoms with E-state index in [1.807, 2.05) is 34.6 Å². The molecule has 0 heterocycles. The predicted molar refractivity (Wildman–Crippen MR) is 131 cm³/mol. The molecule has 0 saturated heterocycles. The van der Waals surface area contributed by atoms with Gasteiger partial charge in [-0.3, -0.25) is 4.99 Å². The fraction of sp³-hybridized carbons (Fsp3) is 0.619. The fourth-order valence-electron chi connectivity index (χ4n) is 2.46. The number of carbonyl (C=O) groups is 1. The van der Waals surface area contributed by atoms with E-state index in [9.17, 15) is 4.79 Å². The van der Waals surface area contributed by atoms with Gasteiger partial charge in [0.25, 0.3) is 0 Å². The van der Waals surface area contributed by atoms with Crippen molar-refractivity contribution in [2.24, 2.45) is 4.99 Å². The Kier molecular flexibility index (Phi) is 11.6. The van der Waals surface area contributed by atoms with E-state index >= 15 is 0 Å². The minimum absolute atomic E-state index is 0. The lowest BCUT2D eigenvalue weighted by molar-refractivity contribution is 0.0474. The minimum atomic E-state index is -0.521. The monoisotopic (exact) mass is 519 g/mol. The first-order valence-corrected chi connectivity index (χ1v) is 9.58. The summed E-state index contributed by atoms with van der Waals surface area (Å²) < 4.78 is 5.32. The van der Waals surface area contributed by atoms with Crippen molar-refractivity contribution in [2.75, 3.05) is 27.7 Å². The highest BCUT2D eigenvalue weighted by molar-refractivity contribution is 14.0. The van der Waals surface area contributed by atoms with Crippen molar-refractivity contribution < 1.29 is 9.53 Å². The zero-order valence-corrected chi connectivity index (χ0v) is 21.4. The molecule has 1 aromatic carbocycles. The summed E-state index contributed by atoms with van der Waals surface area (Å²) >= 11 is 0. The van der Waals surface area contributed by atoms with Crippen LogP contribution in [0.3, 0.4) is 0 Å². The zero-order valence-electron chi connectivity index (χ0n) is 19.0. The second kappa shape index (κ2) is 12.2. The van der Waals surface area contributed by atoms with Gasteiger partial charge in [0.05, 0.1) is 5.54 Å². The van der Waals surface area contributed by atoms with E-state index in [1.165, 1.54) is 11.1 Å². The lowest BCUT2D eigenvalue weighted by atomic mass is 10.1. The number of nitrogens with zero attached hydrogens (tertiary/aromatic N) is 2. The Morgan fingerprint density at radius 2 is 1.59 bits per heavy atom. The Bertz CT molecular complexity index is 652. The quantitative estimate of drug-likeness (QED) is 0.293. The van der Waals surface area contributed by atoms with E-state index in [1.54, 1.807) is 7.05 Å². The minimum Gasteiger partial charge on any atom is -0.444 e. The standard InChI is InChI=1S/C21H37N5O2.HI/c1-20(2,3)28-19(27)25-21(4,5)15-24-18(22-6)23-13-16-9-11-17(12-10-16)14-26(7)8;/h9-12H,13-15H2,1-8H3,(H,25,27)(H2,22,23,24);1H. The number of guanidine groups is 1. The van der Waals surface area contributed by atoms with Gasteiger partial charge in [0.1, 0.15) is 5.60 Å². The molecular formula is C21H38IN5O2. The van der Waals surface area contributed by atoms with Gasteiger partial charge in [-0.15, -0.1) is 24.0 Å². The second-order valence-corrected chi connectivity index (χ2v) is 8.84. The van der Waals surface area contributed by atoms with Gasteiger partial charge < -0.3 is 25.6 Å². The molecule has 3 N–H and O–H groups in total. The highest BCUT2D eigenvalue weighted by Gasteiger charge is 2.24. The smallest absolute Gasteiger partial charge is 0.408 e. The summed E-state index contributed by atoms with van der Waals surface area (Å²) in [6, 6.07) is 8.52. The first-order chi connectivity index (χ1) is 12.9. The topological polar surface area (TPSA) is 78.0 Å². The van der Waals surface area contributed by atoms with Gasteiger partial charge in [-0.25, -0.2) is 4.79 Å². The van der Waals surface area contributed by atoms with Crippen LogP contribution in [0.1, 0.15) is 45.7 Å². The van der Waals surface area contributed by atoms with Crippen molar-refractivity contribution in [3.8, 4) is 0 Å². The molecule has 0 aliphatic carbocycles. The van der Waals surface area contributed by atoms with Crippen LogP contribution in [0.2, 0.25) is 0 Å². The van der Waals surface area contributed by atoms with Crippen molar-refractivity contribution >= 4 is 36.0 Å². The molecule has 8 heteroatoms. The molecule has 0 radical (unpaired) electrons. The predicted octanol–water partition coefficient (Wildman–Crippen LogP) is 3.33. The molecule has 1 aromatic rings. The zero-order chi connectivity index (χ0) is 21.4. The van der Waals surface area contributed by atoms with Gasteiger partial charge in [-0.05, 0) is 59.8 Å². The summed E-state index contributed by atoms with van der Waals surface area (Å²) in [6.45, 7) is 11.5. The largest absolute Gasteiger partial charge is 0.444 e. The normalized spacial score (nSPS) is 12.2. The van der Waals surface area contributed by atoms with Crippen molar-refractivity contribution in [1.82, 2.24) is 20.9 Å². The first-order valence-electron chi connectivity index (χ1n) is 9.58. The molecular weight excluding hydrogens is 481 g/mol. The Morgan fingerprint density at radius 1 is 1.03 bits per heavy atom. The lowest BCUT2D eigenvalue weighted by Gasteiger charge is -2.29. The van der Waals surface area contributed by atoms with Crippen molar-refractivity contribution in [1.29, 1.82) is 0 Å². The number of nitrogens with one attached hydrogen (secondary N) is 3. The molecule has 29 heavy (non-hydrogen) atoms. The van der Waals surface area contributed by atoms with Crippen LogP contribution in [0.4, 0.5) is 4.79 Å². The number of benzene rings is 1. The third-order valence-corrected chi connectivity index (χ3v) is 3.74. The molecule has 0 aliphatic rings. The summed E-state index contributed by atoms with van der Waals surface area (Å²) in [6.07, 6.45) is -0.430. The van der Waals surface area contributed by atoms with E-state index in [0.717, 1.165) is 6.54 Å². The van der Waals surface area contributed by atoms with Gasteiger partial charge >= 0.3 is 6.09 Å². The highest BCUT2D eigenvalue weighted by Crippen LogP contribution is 2.09. The molecule has 0 unspecified atom stereocenters. The van der Waals surface area contributed by atoms with E-state index in [0.29, 0.717) is 19.0 Å². The summed E-state index contributed by atoms with van der Waals surface area (Å²) in [7, 11) is 5.85. The van der Waals surface area contributed by atoms with E-state index in [4.69, 9.17) is 4.74 Å². The van der Waals surface area contributed by atoms with E-state index < -0.39 is 17.2 Å². The van der Waals surface area contributed by atoms with Crippen LogP contribution in [0.25, 0.3) is 0 Å². The van der Waals surface area contributed by atoms with Gasteiger partial charge in [0.2, 0.25) is 0 Å². The third-order valence-electron chi connectivity index (χ3n) is 3.74. The van der Waals surface area contributed by atoms with Gasteiger partial charge in [-0.2, -0.15) is 0 Å². The Morgan fingerprint density at radius 3 is 2.07 bits per heavy atom. The molecule has 0 bridgehead atoms. The summed E-state index contributed by atoms with van der Waals surface area (Å²) in [5.41, 5.74) is 1.45. The maximum atomic E-state index is 12.0. The van der Waals surface area contributed by atoms with Crippen LogP contribution in [-0.4, -0.2) is 55.8 Å². The highest BCUT2D eigenvalue weighted by atomic mass is 127. The number of ether oxygens (including phenoxy) is 1. The number of alkyl carbamates (subject to hydrolysis) is 1. The van der Waals surface area contributed by atoms with Crippen molar-refractivity contribution in [3.05, 3.63) is 35.4 Å². The fourth-order valence-corrected chi connectivity index (χ4v) is 2.46.